The van der Waals surface area contributed by atoms with Gasteiger partial charge < -0.3 is 10.1 Å². The van der Waals surface area contributed by atoms with Crippen LogP contribution < -0.4 is 10.1 Å². The molecule has 128 valence electrons. The van der Waals surface area contributed by atoms with Crippen molar-refractivity contribution in [2.75, 3.05) is 5.32 Å². The Morgan fingerprint density at radius 2 is 2.00 bits per heavy atom. The van der Waals surface area contributed by atoms with Crippen molar-refractivity contribution >= 4 is 11.4 Å². The highest BCUT2D eigenvalue weighted by Crippen LogP contribution is 2.21. The monoisotopic (exact) mass is 329 g/mol. The number of allylic oxidation sites excluding steroid dienone is 2. The van der Waals surface area contributed by atoms with Gasteiger partial charge in [0.2, 0.25) is 5.88 Å². The molecule has 1 aromatic rings. The highest BCUT2D eigenvalue weighted by Gasteiger charge is 2.31. The predicted molar refractivity (Wildman–Crippen MR) is 87.6 cm³/mol. The first kappa shape index (κ1) is 20.7. The second-order valence-corrected chi connectivity index (χ2v) is 4.44. The SMILES string of the molecule is C=C(Nc1ccc(OC(F)(F)F)nc1)C(C)=N/C=C\C.CCC. The lowest BCUT2D eigenvalue weighted by molar-refractivity contribution is -0.276. The lowest BCUT2D eigenvalue weighted by Crippen LogP contribution is -2.17. The maximum atomic E-state index is 12.0. The fourth-order valence-electron chi connectivity index (χ4n) is 1.16. The van der Waals surface area contributed by atoms with Gasteiger partial charge in [0, 0.05) is 12.3 Å². The summed E-state index contributed by atoms with van der Waals surface area (Å²) in [6.45, 7) is 11.6. The molecule has 0 fully saturated rings. The largest absolute Gasteiger partial charge is 0.574 e. The van der Waals surface area contributed by atoms with E-state index in [-0.39, 0.29) is 0 Å². The van der Waals surface area contributed by atoms with Gasteiger partial charge in [-0.15, -0.1) is 13.2 Å². The number of pyridine rings is 1. The molecule has 0 atom stereocenters. The van der Waals surface area contributed by atoms with Crippen LogP contribution in [0.3, 0.4) is 0 Å². The molecule has 0 spiro atoms. The number of hydrogen-bond donors (Lipinski definition) is 1. The van der Waals surface area contributed by atoms with Gasteiger partial charge in [0.1, 0.15) is 0 Å². The molecule has 0 aromatic carbocycles. The number of aliphatic imine (C=N–C) groups is 1. The third-order valence-corrected chi connectivity index (χ3v) is 2.11. The second-order valence-electron chi connectivity index (χ2n) is 4.44. The van der Waals surface area contributed by atoms with Crippen LogP contribution in [0.15, 0.2) is 47.9 Å². The summed E-state index contributed by atoms with van der Waals surface area (Å²) in [6, 6.07) is 2.52. The molecule has 1 heterocycles. The fraction of sp³-hybridized carbons (Fsp3) is 0.375. The van der Waals surface area contributed by atoms with Crippen molar-refractivity contribution in [1.29, 1.82) is 0 Å². The summed E-state index contributed by atoms with van der Waals surface area (Å²) in [5, 5.41) is 2.88. The van der Waals surface area contributed by atoms with Crippen LogP contribution in [0.2, 0.25) is 0 Å². The molecule has 0 bridgehead atoms. The Morgan fingerprint density at radius 3 is 2.43 bits per heavy atom. The average Bonchev–Trinajstić information content (AvgIpc) is 2.46. The summed E-state index contributed by atoms with van der Waals surface area (Å²) in [7, 11) is 0. The quantitative estimate of drug-likeness (QED) is 0.744. The lowest BCUT2D eigenvalue weighted by Gasteiger charge is -2.10. The van der Waals surface area contributed by atoms with E-state index in [1.807, 2.05) is 6.92 Å². The Bertz CT molecular complexity index is 534. The van der Waals surface area contributed by atoms with E-state index in [0.29, 0.717) is 17.1 Å². The Morgan fingerprint density at radius 1 is 1.39 bits per heavy atom. The van der Waals surface area contributed by atoms with Gasteiger partial charge in [-0.3, -0.25) is 4.99 Å². The van der Waals surface area contributed by atoms with E-state index in [1.165, 1.54) is 18.7 Å². The second kappa shape index (κ2) is 10.4. The molecular weight excluding hydrogens is 307 g/mol. The van der Waals surface area contributed by atoms with Gasteiger partial charge in [-0.2, -0.15) is 0 Å². The van der Waals surface area contributed by atoms with Crippen LogP contribution in [-0.2, 0) is 0 Å². The van der Waals surface area contributed by atoms with Gasteiger partial charge in [-0.25, -0.2) is 4.98 Å². The van der Waals surface area contributed by atoms with E-state index in [2.05, 4.69) is 40.5 Å². The minimum absolute atomic E-state index is 0.486. The molecular formula is C16H22F3N3O. The number of rotatable bonds is 5. The van der Waals surface area contributed by atoms with Gasteiger partial charge in [-0.05, 0) is 19.9 Å². The summed E-state index contributed by atoms with van der Waals surface area (Å²) in [5.74, 6) is -0.520. The summed E-state index contributed by atoms with van der Waals surface area (Å²) < 4.78 is 39.6. The Kier molecular flexibility index (Phi) is 9.37. The van der Waals surface area contributed by atoms with Gasteiger partial charge in [0.05, 0.1) is 23.3 Å². The summed E-state index contributed by atoms with van der Waals surface area (Å²) in [5.41, 5.74) is 1.66. The number of anilines is 1. The zero-order chi connectivity index (χ0) is 17.9. The predicted octanol–water partition coefficient (Wildman–Crippen LogP) is 5.32. The maximum Gasteiger partial charge on any atom is 0.574 e. The van der Waals surface area contributed by atoms with E-state index >= 15 is 0 Å². The highest BCUT2D eigenvalue weighted by atomic mass is 19.4. The van der Waals surface area contributed by atoms with Gasteiger partial charge in [0.25, 0.3) is 0 Å². The van der Waals surface area contributed by atoms with E-state index < -0.39 is 12.2 Å². The number of ether oxygens (including phenoxy) is 1. The van der Waals surface area contributed by atoms with Crippen molar-refractivity contribution in [2.45, 2.75) is 40.5 Å². The van der Waals surface area contributed by atoms with Crippen LogP contribution in [-0.4, -0.2) is 17.1 Å². The molecule has 0 amide bonds. The van der Waals surface area contributed by atoms with E-state index in [9.17, 15) is 13.2 Å². The van der Waals surface area contributed by atoms with Crippen LogP contribution in [0.4, 0.5) is 18.9 Å². The summed E-state index contributed by atoms with van der Waals surface area (Å²) >= 11 is 0. The number of halogens is 3. The molecule has 0 unspecified atom stereocenters. The first-order valence-electron chi connectivity index (χ1n) is 7.07. The van der Waals surface area contributed by atoms with Crippen LogP contribution in [0, 0.1) is 0 Å². The minimum atomic E-state index is -4.75. The van der Waals surface area contributed by atoms with Gasteiger partial charge >= 0.3 is 6.36 Å². The molecule has 0 aliphatic rings. The van der Waals surface area contributed by atoms with Gasteiger partial charge in [-0.1, -0.05) is 32.9 Å². The van der Waals surface area contributed by atoms with E-state index in [0.717, 1.165) is 6.07 Å². The molecule has 1 rings (SSSR count). The number of hydrogen-bond acceptors (Lipinski definition) is 4. The van der Waals surface area contributed by atoms with Crippen LogP contribution in [0.5, 0.6) is 5.88 Å². The number of aromatic nitrogens is 1. The normalized spacial score (nSPS) is 11.7. The number of nitrogens with one attached hydrogen (secondary N) is 1. The molecule has 7 heteroatoms. The zero-order valence-electron chi connectivity index (χ0n) is 13.7. The third-order valence-electron chi connectivity index (χ3n) is 2.11. The summed E-state index contributed by atoms with van der Waals surface area (Å²) in [4.78, 5) is 7.62. The molecule has 0 aliphatic carbocycles. The van der Waals surface area contributed by atoms with Crippen molar-refractivity contribution in [3.8, 4) is 5.88 Å². The molecule has 1 aromatic heterocycles. The Balaban J connectivity index is 0.00000149. The van der Waals surface area contributed by atoms with Crippen LogP contribution >= 0.6 is 0 Å². The van der Waals surface area contributed by atoms with Gasteiger partial charge in [0.15, 0.2) is 0 Å². The maximum absolute atomic E-state index is 12.0. The molecule has 1 N–H and O–H groups in total. The zero-order valence-corrected chi connectivity index (χ0v) is 13.7. The molecule has 0 saturated heterocycles. The Labute approximate surface area is 134 Å². The first-order valence-corrected chi connectivity index (χ1v) is 7.07. The topological polar surface area (TPSA) is 46.5 Å². The first-order chi connectivity index (χ1) is 10.7. The number of nitrogens with zero attached hydrogens (tertiary/aromatic N) is 2. The van der Waals surface area contributed by atoms with Crippen molar-refractivity contribution < 1.29 is 17.9 Å². The molecule has 0 radical (unpaired) electrons. The van der Waals surface area contributed by atoms with Crippen molar-refractivity contribution in [3.63, 3.8) is 0 Å². The fourth-order valence-corrected chi connectivity index (χ4v) is 1.16. The lowest BCUT2D eigenvalue weighted by atomic mass is 10.3. The van der Waals surface area contributed by atoms with Crippen molar-refractivity contribution in [1.82, 2.24) is 4.98 Å². The molecule has 4 nitrogen and oxygen atoms in total. The summed E-state index contributed by atoms with van der Waals surface area (Å²) in [6.07, 6.45) is 1.10. The molecule has 23 heavy (non-hydrogen) atoms. The van der Waals surface area contributed by atoms with Crippen molar-refractivity contribution in [2.24, 2.45) is 4.99 Å². The smallest absolute Gasteiger partial charge is 0.388 e. The van der Waals surface area contributed by atoms with Crippen LogP contribution in [0.1, 0.15) is 34.1 Å². The van der Waals surface area contributed by atoms with Crippen molar-refractivity contribution in [3.05, 3.63) is 42.9 Å². The Hall–Kier alpha value is -2.31. The van der Waals surface area contributed by atoms with E-state index in [1.54, 1.807) is 19.2 Å². The van der Waals surface area contributed by atoms with E-state index in [4.69, 9.17) is 0 Å². The number of alkyl halides is 3. The van der Waals surface area contributed by atoms with Crippen LogP contribution in [0.25, 0.3) is 0 Å². The third kappa shape index (κ3) is 10.1. The average molecular weight is 329 g/mol. The highest BCUT2D eigenvalue weighted by molar-refractivity contribution is 6.00. The molecule has 0 aliphatic heterocycles. The minimum Gasteiger partial charge on any atom is -0.388 e. The molecule has 0 saturated carbocycles. The standard InChI is InChI=1S/C13H14F3N3O.C3H8/c1-4-7-17-9(2)10(3)19-11-5-6-12(18-8-11)20-13(14,15)16;1-3-2/h4-8,19H,3H2,1-2H3;3H2,1-2H3/b7-4-,17-9?;.